The Morgan fingerprint density at radius 3 is 1.83 bits per heavy atom. The van der Waals surface area contributed by atoms with E-state index in [1.54, 1.807) is 0 Å². The predicted molar refractivity (Wildman–Crippen MR) is 96.1 cm³/mol. The topological polar surface area (TPSA) is 47.6 Å². The Morgan fingerprint density at radius 1 is 0.783 bits per heavy atom. The van der Waals surface area contributed by atoms with Gasteiger partial charge in [-0.05, 0) is 39.5 Å². The van der Waals surface area contributed by atoms with E-state index in [4.69, 9.17) is 9.47 Å². The lowest BCUT2D eigenvalue weighted by atomic mass is 10.1. The highest BCUT2D eigenvalue weighted by atomic mass is 16.5. The van der Waals surface area contributed by atoms with Crippen LogP contribution >= 0.6 is 0 Å². The number of carbonyl (C=O) groups is 1. The van der Waals surface area contributed by atoms with Crippen molar-refractivity contribution in [3.05, 3.63) is 24.7 Å². The van der Waals surface area contributed by atoms with Gasteiger partial charge in [-0.2, -0.15) is 0 Å². The summed E-state index contributed by atoms with van der Waals surface area (Å²) in [5.74, 6) is 1.71. The smallest absolute Gasteiger partial charge is 0.219 e. The molecule has 0 radical (unpaired) electrons. The molecule has 0 aromatic heterocycles. The minimum Gasteiger partial charge on any atom is -0.499 e. The Kier molecular flexibility index (Phi) is 14.5. The van der Waals surface area contributed by atoms with Gasteiger partial charge >= 0.3 is 0 Å². The predicted octanol–water partition coefficient (Wildman–Crippen LogP) is 4.71. The van der Waals surface area contributed by atoms with Crippen LogP contribution in [-0.2, 0) is 14.3 Å². The van der Waals surface area contributed by atoms with Crippen LogP contribution in [0.3, 0.4) is 0 Å². The van der Waals surface area contributed by atoms with Crippen LogP contribution in [0.1, 0.15) is 71.6 Å². The van der Waals surface area contributed by atoms with Crippen molar-refractivity contribution in [2.45, 2.75) is 71.6 Å². The standard InChI is InChI=1S/C19H35NO3/c1-17(2)22-15-11-8-6-5-7-9-13-19(21)20-14-10-12-16-23-18(3)4/h1,3,5-16H2,2,4H3,(H,20,21). The molecule has 0 aromatic carbocycles. The first-order chi connectivity index (χ1) is 11.0. The molecule has 4 nitrogen and oxygen atoms in total. The second-order valence-electron chi connectivity index (χ2n) is 6.03. The fraction of sp³-hybridized carbons (Fsp3) is 0.737. The zero-order chi connectivity index (χ0) is 17.3. The Hall–Kier alpha value is -1.45. The molecule has 0 spiro atoms. The van der Waals surface area contributed by atoms with E-state index in [2.05, 4.69) is 18.5 Å². The lowest BCUT2D eigenvalue weighted by molar-refractivity contribution is -0.121. The van der Waals surface area contributed by atoms with Gasteiger partial charge < -0.3 is 14.8 Å². The SMILES string of the molecule is C=C(C)OCCCCCCCCC(=O)NCCCCOC(=C)C. The van der Waals surface area contributed by atoms with Crippen molar-refractivity contribution < 1.29 is 14.3 Å². The molecule has 1 N–H and O–H groups in total. The van der Waals surface area contributed by atoms with Gasteiger partial charge in [0.2, 0.25) is 5.91 Å². The van der Waals surface area contributed by atoms with E-state index in [-0.39, 0.29) is 5.91 Å². The number of nitrogens with one attached hydrogen (secondary N) is 1. The van der Waals surface area contributed by atoms with Gasteiger partial charge in [-0.3, -0.25) is 4.79 Å². The zero-order valence-electron chi connectivity index (χ0n) is 15.1. The maximum absolute atomic E-state index is 11.6. The van der Waals surface area contributed by atoms with Crippen LogP contribution in [0.2, 0.25) is 0 Å². The van der Waals surface area contributed by atoms with Crippen molar-refractivity contribution in [1.29, 1.82) is 0 Å². The summed E-state index contributed by atoms with van der Waals surface area (Å²) in [4.78, 5) is 11.6. The lowest BCUT2D eigenvalue weighted by Crippen LogP contribution is -2.24. The summed E-state index contributed by atoms with van der Waals surface area (Å²) in [5.41, 5.74) is 0. The van der Waals surface area contributed by atoms with E-state index in [1.165, 1.54) is 19.3 Å². The van der Waals surface area contributed by atoms with Crippen LogP contribution in [0.15, 0.2) is 24.7 Å². The second-order valence-corrected chi connectivity index (χ2v) is 6.03. The average molecular weight is 325 g/mol. The molecule has 0 bridgehead atoms. The van der Waals surface area contributed by atoms with Gasteiger partial charge in [-0.1, -0.05) is 38.8 Å². The van der Waals surface area contributed by atoms with Crippen molar-refractivity contribution in [2.75, 3.05) is 19.8 Å². The maximum Gasteiger partial charge on any atom is 0.219 e. The number of carbonyl (C=O) groups excluding carboxylic acids is 1. The summed E-state index contributed by atoms with van der Waals surface area (Å²) in [5, 5.41) is 2.96. The lowest BCUT2D eigenvalue weighted by Gasteiger charge is -2.07. The Balaban J connectivity index is 3.21. The molecule has 4 heteroatoms. The maximum atomic E-state index is 11.6. The van der Waals surface area contributed by atoms with Crippen molar-refractivity contribution in [1.82, 2.24) is 5.32 Å². The van der Waals surface area contributed by atoms with Crippen molar-refractivity contribution >= 4 is 5.91 Å². The molecule has 0 heterocycles. The molecule has 0 fully saturated rings. The number of hydrogen-bond donors (Lipinski definition) is 1. The third kappa shape index (κ3) is 18.5. The van der Waals surface area contributed by atoms with Crippen LogP contribution < -0.4 is 5.32 Å². The van der Waals surface area contributed by atoms with Crippen LogP contribution in [0.4, 0.5) is 0 Å². The Labute approximate surface area is 142 Å². The molecule has 0 aliphatic rings. The summed E-state index contributed by atoms with van der Waals surface area (Å²) in [6.07, 6.45) is 9.32. The average Bonchev–Trinajstić information content (AvgIpc) is 2.48. The van der Waals surface area contributed by atoms with Gasteiger partial charge in [-0.15, -0.1) is 0 Å². The Morgan fingerprint density at radius 2 is 1.26 bits per heavy atom. The number of unbranched alkanes of at least 4 members (excludes halogenated alkanes) is 6. The van der Waals surface area contributed by atoms with Crippen LogP contribution in [0.5, 0.6) is 0 Å². The number of amides is 1. The molecule has 0 aromatic rings. The van der Waals surface area contributed by atoms with Gasteiger partial charge in [0.1, 0.15) is 0 Å². The van der Waals surface area contributed by atoms with E-state index in [1.807, 2.05) is 13.8 Å². The first-order valence-corrected chi connectivity index (χ1v) is 8.85. The van der Waals surface area contributed by atoms with E-state index in [9.17, 15) is 4.79 Å². The molecule has 1 amide bonds. The minimum atomic E-state index is 0.167. The normalized spacial score (nSPS) is 10.2. The van der Waals surface area contributed by atoms with Crippen molar-refractivity contribution in [3.8, 4) is 0 Å². The van der Waals surface area contributed by atoms with E-state index < -0.39 is 0 Å². The first kappa shape index (κ1) is 21.6. The highest BCUT2D eigenvalue weighted by molar-refractivity contribution is 5.75. The van der Waals surface area contributed by atoms with E-state index >= 15 is 0 Å². The van der Waals surface area contributed by atoms with Gasteiger partial charge in [0, 0.05) is 13.0 Å². The summed E-state index contributed by atoms with van der Waals surface area (Å²) in [6, 6.07) is 0. The number of hydrogen-bond acceptors (Lipinski definition) is 3. The van der Waals surface area contributed by atoms with Crippen molar-refractivity contribution in [3.63, 3.8) is 0 Å². The molecule has 0 atom stereocenters. The summed E-state index contributed by atoms with van der Waals surface area (Å²) >= 11 is 0. The fourth-order valence-electron chi connectivity index (χ4n) is 2.13. The first-order valence-electron chi connectivity index (χ1n) is 8.85. The van der Waals surface area contributed by atoms with Gasteiger partial charge in [0.25, 0.3) is 0 Å². The largest absolute Gasteiger partial charge is 0.499 e. The summed E-state index contributed by atoms with van der Waals surface area (Å²) < 4.78 is 10.6. The van der Waals surface area contributed by atoms with Crippen molar-refractivity contribution in [2.24, 2.45) is 0 Å². The number of ether oxygens (including phenoxy) is 2. The molecule has 0 rings (SSSR count). The second kappa shape index (κ2) is 15.4. The highest BCUT2D eigenvalue weighted by Gasteiger charge is 2.00. The molecule has 0 unspecified atom stereocenters. The molecule has 0 saturated heterocycles. The van der Waals surface area contributed by atoms with E-state index in [0.29, 0.717) is 13.0 Å². The highest BCUT2D eigenvalue weighted by Crippen LogP contribution is 2.08. The summed E-state index contributed by atoms with van der Waals surface area (Å²) in [6.45, 7) is 13.3. The molecule has 23 heavy (non-hydrogen) atoms. The number of rotatable bonds is 16. The molecule has 134 valence electrons. The van der Waals surface area contributed by atoms with Gasteiger partial charge in [-0.25, -0.2) is 0 Å². The summed E-state index contributed by atoms with van der Waals surface area (Å²) in [7, 11) is 0. The third-order valence-electron chi connectivity index (χ3n) is 3.39. The molecular formula is C19H35NO3. The zero-order valence-corrected chi connectivity index (χ0v) is 15.1. The van der Waals surface area contributed by atoms with Gasteiger partial charge in [0.05, 0.1) is 24.7 Å². The molecule has 0 aliphatic heterocycles. The molecular weight excluding hydrogens is 290 g/mol. The molecule has 0 aliphatic carbocycles. The van der Waals surface area contributed by atoms with Gasteiger partial charge in [0.15, 0.2) is 0 Å². The number of allylic oxidation sites excluding steroid dienone is 2. The quantitative estimate of drug-likeness (QED) is 0.330. The third-order valence-corrected chi connectivity index (χ3v) is 3.39. The van der Waals surface area contributed by atoms with E-state index in [0.717, 1.165) is 56.8 Å². The minimum absolute atomic E-state index is 0.167. The van der Waals surface area contributed by atoms with Crippen LogP contribution in [-0.4, -0.2) is 25.7 Å². The Bertz CT molecular complexity index is 340. The van der Waals surface area contributed by atoms with Crippen LogP contribution in [0.25, 0.3) is 0 Å². The monoisotopic (exact) mass is 325 g/mol. The van der Waals surface area contributed by atoms with Crippen LogP contribution in [0, 0.1) is 0 Å². The fourth-order valence-corrected chi connectivity index (χ4v) is 2.13. The molecule has 0 saturated carbocycles.